The summed E-state index contributed by atoms with van der Waals surface area (Å²) in [5, 5.41) is 6.40. The summed E-state index contributed by atoms with van der Waals surface area (Å²) >= 11 is 0. The molecule has 2 nitrogen and oxygen atoms in total. The lowest BCUT2D eigenvalue weighted by Crippen LogP contribution is -1.98. The summed E-state index contributed by atoms with van der Waals surface area (Å²) in [4.78, 5) is 0. The fourth-order valence-corrected chi connectivity index (χ4v) is 1.87. The Balaban J connectivity index is 2.31. The Hall–Kier alpha value is -1.96. The third kappa shape index (κ3) is 2.59. The molecule has 0 saturated carbocycles. The molecule has 0 saturated heterocycles. The van der Waals surface area contributed by atoms with E-state index < -0.39 is 0 Å². The molecule has 0 aliphatic carbocycles. The Bertz CT molecular complexity index is 446. The van der Waals surface area contributed by atoms with E-state index in [-0.39, 0.29) is 0 Å². The molecular formula is C15H17N2. The summed E-state index contributed by atoms with van der Waals surface area (Å²) in [6.07, 6.45) is 2.18. The fourth-order valence-electron chi connectivity index (χ4n) is 1.87. The highest BCUT2D eigenvalue weighted by molar-refractivity contribution is 5.63. The molecule has 0 atom stereocenters. The van der Waals surface area contributed by atoms with E-state index in [1.807, 2.05) is 26.2 Å². The maximum absolute atomic E-state index is 3.20. The quantitative estimate of drug-likeness (QED) is 0.833. The molecule has 0 amide bonds. The van der Waals surface area contributed by atoms with Crippen LogP contribution in [0.5, 0.6) is 0 Å². The smallest absolute Gasteiger partial charge is 0.0376 e. The first kappa shape index (κ1) is 11.5. The highest BCUT2D eigenvalue weighted by Gasteiger charge is 2.05. The predicted molar refractivity (Wildman–Crippen MR) is 74.5 cm³/mol. The maximum Gasteiger partial charge on any atom is 0.0376 e. The van der Waals surface area contributed by atoms with Gasteiger partial charge in [-0.2, -0.15) is 0 Å². The zero-order valence-corrected chi connectivity index (χ0v) is 10.2. The predicted octanol–water partition coefficient (Wildman–Crippen LogP) is 3.37. The lowest BCUT2D eigenvalue weighted by Gasteiger charge is -2.11. The van der Waals surface area contributed by atoms with Gasteiger partial charge in [0.25, 0.3) is 0 Å². The Kier molecular flexibility index (Phi) is 3.66. The van der Waals surface area contributed by atoms with Crippen LogP contribution in [-0.2, 0) is 0 Å². The van der Waals surface area contributed by atoms with Crippen LogP contribution in [0.1, 0.15) is 11.1 Å². The van der Waals surface area contributed by atoms with Gasteiger partial charge in [-0.1, -0.05) is 36.4 Å². The van der Waals surface area contributed by atoms with Crippen molar-refractivity contribution in [2.24, 2.45) is 0 Å². The van der Waals surface area contributed by atoms with E-state index in [9.17, 15) is 0 Å². The van der Waals surface area contributed by atoms with Crippen LogP contribution in [0.2, 0.25) is 0 Å². The molecule has 0 aliphatic heterocycles. The number of hydrogen-bond acceptors (Lipinski definition) is 2. The highest BCUT2D eigenvalue weighted by Crippen LogP contribution is 2.24. The van der Waals surface area contributed by atoms with Crippen molar-refractivity contribution in [3.63, 3.8) is 0 Å². The van der Waals surface area contributed by atoms with Crippen molar-refractivity contribution in [1.82, 2.24) is 0 Å². The minimum atomic E-state index is 1.14. The lowest BCUT2D eigenvalue weighted by atomic mass is 10.0. The molecule has 2 heteroatoms. The van der Waals surface area contributed by atoms with Crippen LogP contribution in [0.25, 0.3) is 0 Å². The molecule has 0 heterocycles. The molecule has 2 rings (SSSR count). The fraction of sp³-hybridized carbons (Fsp3) is 0.133. The summed E-state index contributed by atoms with van der Waals surface area (Å²) < 4.78 is 0. The second-order valence-corrected chi connectivity index (χ2v) is 3.82. The van der Waals surface area contributed by atoms with Gasteiger partial charge in [0.15, 0.2) is 0 Å². The van der Waals surface area contributed by atoms with Gasteiger partial charge in [-0.15, -0.1) is 0 Å². The molecule has 0 fully saturated rings. The maximum atomic E-state index is 3.20. The number of anilines is 2. The molecule has 17 heavy (non-hydrogen) atoms. The molecule has 2 aromatic carbocycles. The van der Waals surface area contributed by atoms with E-state index in [1.165, 1.54) is 11.1 Å². The third-order valence-electron chi connectivity index (χ3n) is 2.77. The monoisotopic (exact) mass is 225 g/mol. The van der Waals surface area contributed by atoms with Crippen LogP contribution in [0.4, 0.5) is 11.4 Å². The van der Waals surface area contributed by atoms with Crippen LogP contribution < -0.4 is 10.6 Å². The largest absolute Gasteiger partial charge is 0.388 e. The van der Waals surface area contributed by atoms with Crippen molar-refractivity contribution in [2.45, 2.75) is 0 Å². The van der Waals surface area contributed by atoms with E-state index in [0.29, 0.717) is 0 Å². The van der Waals surface area contributed by atoms with Crippen molar-refractivity contribution in [3.8, 4) is 0 Å². The average Bonchev–Trinajstić information content (AvgIpc) is 2.40. The van der Waals surface area contributed by atoms with Crippen molar-refractivity contribution < 1.29 is 0 Å². The van der Waals surface area contributed by atoms with E-state index in [4.69, 9.17) is 0 Å². The van der Waals surface area contributed by atoms with Gasteiger partial charge in [-0.05, 0) is 23.3 Å². The number of rotatable bonds is 4. The van der Waals surface area contributed by atoms with Crippen LogP contribution in [0.15, 0.2) is 48.5 Å². The molecule has 87 valence electrons. The topological polar surface area (TPSA) is 24.1 Å². The molecule has 2 N–H and O–H groups in total. The van der Waals surface area contributed by atoms with Gasteiger partial charge in [0.1, 0.15) is 0 Å². The van der Waals surface area contributed by atoms with Gasteiger partial charge < -0.3 is 10.6 Å². The van der Waals surface area contributed by atoms with Gasteiger partial charge in [0.2, 0.25) is 0 Å². The first-order valence-electron chi connectivity index (χ1n) is 5.73. The summed E-state index contributed by atoms with van der Waals surface area (Å²) in [7, 11) is 3.88. The minimum Gasteiger partial charge on any atom is -0.388 e. The van der Waals surface area contributed by atoms with Gasteiger partial charge in [-0.3, -0.25) is 0 Å². The third-order valence-corrected chi connectivity index (χ3v) is 2.77. The van der Waals surface area contributed by atoms with Gasteiger partial charge >= 0.3 is 0 Å². The number of nitrogens with one attached hydrogen (secondary N) is 2. The second-order valence-electron chi connectivity index (χ2n) is 3.82. The van der Waals surface area contributed by atoms with Crippen molar-refractivity contribution >= 4 is 11.4 Å². The number of hydrogen-bond donors (Lipinski definition) is 2. The normalized spacial score (nSPS) is 10.0. The van der Waals surface area contributed by atoms with Crippen LogP contribution in [-0.4, -0.2) is 14.1 Å². The van der Waals surface area contributed by atoms with Crippen molar-refractivity contribution in [2.75, 3.05) is 24.7 Å². The average molecular weight is 225 g/mol. The first-order valence-corrected chi connectivity index (χ1v) is 5.73. The molecule has 0 spiro atoms. The van der Waals surface area contributed by atoms with E-state index in [1.54, 1.807) is 0 Å². The zero-order chi connectivity index (χ0) is 12.1. The van der Waals surface area contributed by atoms with Gasteiger partial charge in [0.05, 0.1) is 0 Å². The Morgan fingerprint density at radius 1 is 0.706 bits per heavy atom. The van der Waals surface area contributed by atoms with Crippen LogP contribution >= 0.6 is 0 Å². The molecule has 0 unspecified atom stereocenters. The van der Waals surface area contributed by atoms with Crippen LogP contribution in [0.3, 0.4) is 0 Å². The zero-order valence-electron chi connectivity index (χ0n) is 10.2. The lowest BCUT2D eigenvalue weighted by molar-refractivity contribution is 1.37. The number of para-hydroxylation sites is 2. The number of benzene rings is 2. The minimum absolute atomic E-state index is 1.14. The Morgan fingerprint density at radius 3 is 1.53 bits per heavy atom. The molecule has 2 aromatic rings. The van der Waals surface area contributed by atoms with Crippen molar-refractivity contribution in [1.29, 1.82) is 0 Å². The molecular weight excluding hydrogens is 208 g/mol. The summed E-state index contributed by atoms with van der Waals surface area (Å²) in [6, 6.07) is 16.5. The SMILES string of the molecule is CNc1ccccc1[CH]c1ccccc1NC. The summed E-state index contributed by atoms with van der Waals surface area (Å²) in [5.41, 5.74) is 4.66. The Labute approximate surface area is 103 Å². The second kappa shape index (κ2) is 5.39. The highest BCUT2D eigenvalue weighted by atomic mass is 14.8. The Morgan fingerprint density at radius 2 is 1.12 bits per heavy atom. The van der Waals surface area contributed by atoms with Gasteiger partial charge in [-0.25, -0.2) is 0 Å². The summed E-state index contributed by atoms with van der Waals surface area (Å²) in [5.74, 6) is 0. The molecule has 0 aromatic heterocycles. The van der Waals surface area contributed by atoms with E-state index >= 15 is 0 Å². The van der Waals surface area contributed by atoms with Gasteiger partial charge in [0, 0.05) is 31.9 Å². The summed E-state index contributed by atoms with van der Waals surface area (Å²) in [6.45, 7) is 0. The van der Waals surface area contributed by atoms with Crippen LogP contribution in [0, 0.1) is 6.42 Å². The molecule has 0 aliphatic rings. The molecule has 0 bridgehead atoms. The van der Waals surface area contributed by atoms with E-state index in [2.05, 4.69) is 53.5 Å². The van der Waals surface area contributed by atoms with E-state index in [0.717, 1.165) is 11.4 Å². The van der Waals surface area contributed by atoms with Crippen molar-refractivity contribution in [3.05, 3.63) is 66.1 Å². The standard InChI is InChI=1S/C15H17N2/c1-16-14-9-5-3-7-12(14)11-13-8-4-6-10-15(13)17-2/h3-11,16-17H,1-2H3. The first-order chi connectivity index (χ1) is 8.35. The molecule has 1 radical (unpaired) electrons.